The first kappa shape index (κ1) is 16.8. The van der Waals surface area contributed by atoms with Gasteiger partial charge in [-0.1, -0.05) is 6.07 Å². The molecule has 3 heterocycles. The summed E-state index contributed by atoms with van der Waals surface area (Å²) in [5, 5.41) is 2.48. The number of nitrogens with one attached hydrogen (secondary N) is 1. The second-order valence-electron chi connectivity index (χ2n) is 5.99. The first-order valence-corrected chi connectivity index (χ1v) is 8.26. The van der Waals surface area contributed by atoms with Crippen LogP contribution in [0.15, 0.2) is 46.1 Å². The molecule has 9 heteroatoms. The summed E-state index contributed by atoms with van der Waals surface area (Å²) in [6, 6.07) is 8.42. The lowest BCUT2D eigenvalue weighted by molar-refractivity contribution is -0.121. The van der Waals surface area contributed by atoms with Gasteiger partial charge in [0.05, 0.1) is 12.1 Å². The van der Waals surface area contributed by atoms with Gasteiger partial charge in [0.1, 0.15) is 6.54 Å². The van der Waals surface area contributed by atoms with Gasteiger partial charge in [-0.15, -0.1) is 0 Å². The molecule has 1 amide bonds. The zero-order valence-corrected chi connectivity index (χ0v) is 14.5. The van der Waals surface area contributed by atoms with E-state index < -0.39 is 11.2 Å². The van der Waals surface area contributed by atoms with Crippen molar-refractivity contribution in [3.8, 4) is 11.5 Å². The van der Waals surface area contributed by atoms with Crippen LogP contribution >= 0.6 is 0 Å². The minimum atomic E-state index is -0.582. The first-order valence-electron chi connectivity index (χ1n) is 8.26. The van der Waals surface area contributed by atoms with Crippen LogP contribution in [0.3, 0.4) is 0 Å². The van der Waals surface area contributed by atoms with Gasteiger partial charge in [-0.3, -0.25) is 18.7 Å². The maximum Gasteiger partial charge on any atom is 0.332 e. The molecule has 0 bridgehead atoms. The summed E-state index contributed by atoms with van der Waals surface area (Å²) < 4.78 is 12.9. The third-order valence-corrected chi connectivity index (χ3v) is 4.34. The fourth-order valence-electron chi connectivity index (χ4n) is 2.98. The summed E-state index contributed by atoms with van der Waals surface area (Å²) in [5.41, 5.74) is 0.0446. The Kier molecular flexibility index (Phi) is 4.11. The SMILES string of the molecule is CNC(=O)Cn1c(=O)n(Cc2ccc3c(c2)OCO3)c(=O)c2ncccc21. The van der Waals surface area contributed by atoms with Gasteiger partial charge < -0.3 is 14.8 Å². The molecule has 0 unspecified atom stereocenters. The van der Waals surface area contributed by atoms with E-state index in [0.717, 1.165) is 4.57 Å². The minimum Gasteiger partial charge on any atom is -0.454 e. The van der Waals surface area contributed by atoms with Crippen molar-refractivity contribution >= 4 is 16.9 Å². The smallest absolute Gasteiger partial charge is 0.332 e. The highest BCUT2D eigenvalue weighted by Crippen LogP contribution is 2.32. The van der Waals surface area contributed by atoms with E-state index in [2.05, 4.69) is 10.3 Å². The number of aromatic nitrogens is 3. The molecule has 0 saturated heterocycles. The fourth-order valence-corrected chi connectivity index (χ4v) is 2.98. The van der Waals surface area contributed by atoms with Crippen molar-refractivity contribution in [1.29, 1.82) is 0 Å². The van der Waals surface area contributed by atoms with E-state index >= 15 is 0 Å². The van der Waals surface area contributed by atoms with Crippen LogP contribution in [-0.2, 0) is 17.9 Å². The number of benzene rings is 1. The van der Waals surface area contributed by atoms with Crippen LogP contribution in [0.4, 0.5) is 0 Å². The van der Waals surface area contributed by atoms with E-state index in [0.29, 0.717) is 22.6 Å². The molecule has 4 rings (SSSR count). The molecule has 2 aromatic heterocycles. The predicted molar refractivity (Wildman–Crippen MR) is 96.0 cm³/mol. The molecule has 138 valence electrons. The summed E-state index contributed by atoms with van der Waals surface area (Å²) >= 11 is 0. The summed E-state index contributed by atoms with van der Waals surface area (Å²) in [6.07, 6.45) is 1.48. The van der Waals surface area contributed by atoms with E-state index in [1.54, 1.807) is 30.3 Å². The van der Waals surface area contributed by atoms with Gasteiger partial charge in [-0.05, 0) is 29.8 Å². The number of carbonyl (C=O) groups is 1. The van der Waals surface area contributed by atoms with Crippen LogP contribution in [0, 0.1) is 0 Å². The molecule has 1 N–H and O–H groups in total. The average molecular weight is 368 g/mol. The van der Waals surface area contributed by atoms with Gasteiger partial charge in [0.25, 0.3) is 5.56 Å². The number of ether oxygens (including phenoxy) is 2. The summed E-state index contributed by atoms with van der Waals surface area (Å²) in [4.78, 5) is 41.7. The Bertz CT molecular complexity index is 1160. The standard InChI is InChI=1S/C18H16N4O5/c1-19-15(23)9-21-12-3-2-6-20-16(12)17(24)22(18(21)25)8-11-4-5-13-14(7-11)27-10-26-13/h2-7H,8-10H2,1H3,(H,19,23). The predicted octanol–water partition coefficient (Wildman–Crippen LogP) is 0.0812. The van der Waals surface area contributed by atoms with Crippen LogP contribution in [-0.4, -0.2) is 33.9 Å². The summed E-state index contributed by atoms with van der Waals surface area (Å²) in [7, 11) is 1.48. The van der Waals surface area contributed by atoms with E-state index in [1.165, 1.54) is 17.8 Å². The maximum absolute atomic E-state index is 13.0. The van der Waals surface area contributed by atoms with E-state index in [4.69, 9.17) is 9.47 Å². The number of nitrogens with zero attached hydrogens (tertiary/aromatic N) is 3. The molecule has 1 aromatic carbocycles. The molecule has 0 saturated carbocycles. The van der Waals surface area contributed by atoms with E-state index in [9.17, 15) is 14.4 Å². The monoisotopic (exact) mass is 368 g/mol. The number of fused-ring (bicyclic) bond motifs is 2. The highest BCUT2D eigenvalue weighted by molar-refractivity contribution is 5.79. The van der Waals surface area contributed by atoms with Crippen LogP contribution < -0.4 is 26.0 Å². The molecule has 27 heavy (non-hydrogen) atoms. The Labute approximate surface area is 152 Å². The number of hydrogen-bond donors (Lipinski definition) is 1. The lowest BCUT2D eigenvalue weighted by Crippen LogP contribution is -2.42. The first-order chi connectivity index (χ1) is 13.1. The van der Waals surface area contributed by atoms with Crippen molar-refractivity contribution < 1.29 is 14.3 Å². The summed E-state index contributed by atoms with van der Waals surface area (Å²) in [5.74, 6) is 0.823. The van der Waals surface area contributed by atoms with Crippen LogP contribution in [0.5, 0.6) is 11.5 Å². The highest BCUT2D eigenvalue weighted by atomic mass is 16.7. The largest absolute Gasteiger partial charge is 0.454 e. The molecule has 0 aliphatic carbocycles. The molecule has 0 spiro atoms. The molecular weight excluding hydrogens is 352 g/mol. The normalized spacial score (nSPS) is 12.3. The second kappa shape index (κ2) is 6.60. The number of rotatable bonds is 4. The Morgan fingerprint density at radius 2 is 2.00 bits per heavy atom. The highest BCUT2D eigenvalue weighted by Gasteiger charge is 2.18. The molecule has 1 aliphatic heterocycles. The Hall–Kier alpha value is -3.62. The number of carbonyl (C=O) groups excluding carboxylic acids is 1. The topological polar surface area (TPSA) is 104 Å². The third kappa shape index (κ3) is 2.92. The number of amides is 1. The molecule has 9 nitrogen and oxygen atoms in total. The molecular formula is C18H16N4O5. The van der Waals surface area contributed by atoms with Crippen molar-refractivity contribution in [2.24, 2.45) is 0 Å². The van der Waals surface area contributed by atoms with E-state index in [-0.39, 0.29) is 31.3 Å². The number of hydrogen-bond acceptors (Lipinski definition) is 6. The zero-order chi connectivity index (χ0) is 19.0. The van der Waals surface area contributed by atoms with Gasteiger partial charge in [-0.2, -0.15) is 0 Å². The fraction of sp³-hybridized carbons (Fsp3) is 0.222. The van der Waals surface area contributed by atoms with Crippen LogP contribution in [0.25, 0.3) is 11.0 Å². The minimum absolute atomic E-state index is 0.0224. The van der Waals surface area contributed by atoms with Crippen molar-refractivity contribution in [2.75, 3.05) is 13.8 Å². The van der Waals surface area contributed by atoms with Gasteiger partial charge in [0.15, 0.2) is 17.0 Å². The number of pyridine rings is 1. The molecule has 1 aliphatic rings. The molecule has 0 atom stereocenters. The molecule has 3 aromatic rings. The number of likely N-dealkylation sites (N-methyl/N-ethyl adjacent to an activating group) is 1. The lowest BCUT2D eigenvalue weighted by Gasteiger charge is -2.13. The van der Waals surface area contributed by atoms with E-state index in [1.807, 2.05) is 0 Å². The Balaban J connectivity index is 1.86. The van der Waals surface area contributed by atoms with Gasteiger partial charge in [0, 0.05) is 13.2 Å². The van der Waals surface area contributed by atoms with Crippen LogP contribution in [0.1, 0.15) is 5.56 Å². The van der Waals surface area contributed by atoms with Crippen molar-refractivity contribution in [3.05, 3.63) is 62.9 Å². The second-order valence-corrected chi connectivity index (χ2v) is 5.99. The zero-order valence-electron chi connectivity index (χ0n) is 14.5. The quantitative estimate of drug-likeness (QED) is 0.699. The van der Waals surface area contributed by atoms with Crippen LogP contribution in [0.2, 0.25) is 0 Å². The lowest BCUT2D eigenvalue weighted by atomic mass is 10.2. The van der Waals surface area contributed by atoms with Gasteiger partial charge >= 0.3 is 5.69 Å². The maximum atomic E-state index is 13.0. The van der Waals surface area contributed by atoms with Crippen molar-refractivity contribution in [3.63, 3.8) is 0 Å². The third-order valence-electron chi connectivity index (χ3n) is 4.34. The van der Waals surface area contributed by atoms with Gasteiger partial charge in [-0.25, -0.2) is 9.78 Å². The molecule has 0 fully saturated rings. The average Bonchev–Trinajstić information content (AvgIpc) is 3.16. The summed E-state index contributed by atoms with van der Waals surface area (Å²) in [6.45, 7) is -0.0505. The van der Waals surface area contributed by atoms with Crippen molar-refractivity contribution in [1.82, 2.24) is 19.4 Å². The molecule has 0 radical (unpaired) electrons. The Morgan fingerprint density at radius 1 is 1.19 bits per heavy atom. The van der Waals surface area contributed by atoms with Gasteiger partial charge in [0.2, 0.25) is 12.7 Å². The Morgan fingerprint density at radius 3 is 2.81 bits per heavy atom. The van der Waals surface area contributed by atoms with Crippen molar-refractivity contribution in [2.45, 2.75) is 13.1 Å².